The van der Waals surface area contributed by atoms with Gasteiger partial charge in [-0.2, -0.15) is 5.26 Å². The number of hydrogen-bond acceptors (Lipinski definition) is 3. The molecule has 0 bridgehead atoms. The molecule has 2 aromatic carbocycles. The third-order valence-electron chi connectivity index (χ3n) is 3.59. The fraction of sp³-hybridized carbons (Fsp3) is 0.263. The molecule has 0 saturated carbocycles. The first kappa shape index (κ1) is 16.7. The van der Waals surface area contributed by atoms with Crippen LogP contribution in [-0.4, -0.2) is 24.4 Å². The zero-order valence-electron chi connectivity index (χ0n) is 13.3. The maximum absolute atomic E-state index is 12.1. The van der Waals surface area contributed by atoms with E-state index in [2.05, 4.69) is 11.4 Å². The number of rotatable bonds is 7. The van der Waals surface area contributed by atoms with Crippen molar-refractivity contribution in [2.75, 3.05) is 13.6 Å². The molecule has 0 fully saturated rings. The third kappa shape index (κ3) is 5.57. The Morgan fingerprint density at radius 1 is 1.13 bits per heavy atom. The molecule has 0 aliphatic carbocycles. The summed E-state index contributed by atoms with van der Waals surface area (Å²) in [5.41, 5.74) is 2.83. The van der Waals surface area contributed by atoms with E-state index in [1.807, 2.05) is 55.6 Å². The molecular formula is C19H21N3O. The summed E-state index contributed by atoms with van der Waals surface area (Å²) in [7, 11) is 1.83. The lowest BCUT2D eigenvalue weighted by Gasteiger charge is -2.17. The standard InChI is InChI=1S/C19H21N3O/c1-22(15-16-6-3-2-4-7-16)19(23)10-11-21-14-18-9-5-8-17(12-18)13-20/h2-9,12,21H,10-11,14-15H2,1H3. The Balaban J connectivity index is 1.71. The van der Waals surface area contributed by atoms with Gasteiger partial charge in [0.25, 0.3) is 0 Å². The van der Waals surface area contributed by atoms with E-state index in [1.165, 1.54) is 0 Å². The Kier molecular flexibility index (Phi) is 6.34. The molecule has 4 heteroatoms. The summed E-state index contributed by atoms with van der Waals surface area (Å²) in [6.07, 6.45) is 0.460. The van der Waals surface area contributed by atoms with Crippen molar-refractivity contribution in [1.82, 2.24) is 10.2 Å². The lowest BCUT2D eigenvalue weighted by atomic mass is 10.1. The molecule has 2 rings (SSSR count). The van der Waals surface area contributed by atoms with Gasteiger partial charge in [0.15, 0.2) is 0 Å². The molecule has 0 atom stereocenters. The summed E-state index contributed by atoms with van der Waals surface area (Å²) in [6, 6.07) is 19.6. The highest BCUT2D eigenvalue weighted by Crippen LogP contribution is 2.05. The van der Waals surface area contributed by atoms with Crippen LogP contribution in [0.4, 0.5) is 0 Å². The minimum atomic E-state index is 0.118. The Hall–Kier alpha value is -2.64. The molecule has 0 aliphatic heterocycles. The van der Waals surface area contributed by atoms with Gasteiger partial charge in [0.05, 0.1) is 11.6 Å². The molecule has 2 aromatic rings. The highest BCUT2D eigenvalue weighted by atomic mass is 16.2. The number of amides is 1. The van der Waals surface area contributed by atoms with Gasteiger partial charge in [0.1, 0.15) is 0 Å². The van der Waals surface area contributed by atoms with Gasteiger partial charge in [-0.15, -0.1) is 0 Å². The second kappa shape index (κ2) is 8.72. The number of hydrogen-bond donors (Lipinski definition) is 1. The van der Waals surface area contributed by atoms with Crippen molar-refractivity contribution >= 4 is 5.91 Å². The summed E-state index contributed by atoms with van der Waals surface area (Å²) in [4.78, 5) is 13.8. The predicted octanol–water partition coefficient (Wildman–Crippen LogP) is 2.70. The number of nitrogens with zero attached hydrogens (tertiary/aromatic N) is 2. The van der Waals surface area contributed by atoms with E-state index in [4.69, 9.17) is 5.26 Å². The Labute approximate surface area is 137 Å². The lowest BCUT2D eigenvalue weighted by Crippen LogP contribution is -2.29. The average molecular weight is 307 g/mol. The van der Waals surface area contributed by atoms with E-state index >= 15 is 0 Å². The maximum Gasteiger partial charge on any atom is 0.223 e. The van der Waals surface area contributed by atoms with Crippen LogP contribution in [0.1, 0.15) is 23.1 Å². The van der Waals surface area contributed by atoms with E-state index in [0.29, 0.717) is 31.6 Å². The summed E-state index contributed by atoms with van der Waals surface area (Å²) in [5.74, 6) is 0.118. The summed E-state index contributed by atoms with van der Waals surface area (Å²) in [5, 5.41) is 12.1. The molecule has 1 N–H and O–H groups in total. The van der Waals surface area contributed by atoms with Crippen molar-refractivity contribution in [2.24, 2.45) is 0 Å². The van der Waals surface area contributed by atoms with Gasteiger partial charge in [-0.05, 0) is 23.3 Å². The van der Waals surface area contributed by atoms with E-state index in [0.717, 1.165) is 11.1 Å². The van der Waals surface area contributed by atoms with Crippen LogP contribution in [0, 0.1) is 11.3 Å². The number of carbonyl (C=O) groups excluding carboxylic acids is 1. The normalized spacial score (nSPS) is 10.1. The highest BCUT2D eigenvalue weighted by Gasteiger charge is 2.08. The number of nitrogens with one attached hydrogen (secondary N) is 1. The molecule has 0 radical (unpaired) electrons. The van der Waals surface area contributed by atoms with Gasteiger partial charge in [-0.1, -0.05) is 42.5 Å². The number of nitriles is 1. The molecule has 0 aromatic heterocycles. The van der Waals surface area contributed by atoms with E-state index in [1.54, 1.807) is 11.0 Å². The zero-order valence-corrected chi connectivity index (χ0v) is 13.3. The zero-order chi connectivity index (χ0) is 16.5. The maximum atomic E-state index is 12.1. The highest BCUT2D eigenvalue weighted by molar-refractivity contribution is 5.76. The molecule has 23 heavy (non-hydrogen) atoms. The first-order valence-corrected chi connectivity index (χ1v) is 7.66. The molecule has 1 amide bonds. The Morgan fingerprint density at radius 2 is 1.87 bits per heavy atom. The molecule has 0 heterocycles. The second-order valence-electron chi connectivity index (χ2n) is 5.47. The first-order chi connectivity index (χ1) is 11.2. The molecule has 118 valence electrons. The minimum absolute atomic E-state index is 0.118. The fourth-order valence-corrected chi connectivity index (χ4v) is 2.32. The van der Waals surface area contributed by atoms with Crippen LogP contribution in [-0.2, 0) is 17.9 Å². The summed E-state index contributed by atoms with van der Waals surface area (Å²) < 4.78 is 0. The summed E-state index contributed by atoms with van der Waals surface area (Å²) >= 11 is 0. The largest absolute Gasteiger partial charge is 0.341 e. The van der Waals surface area contributed by atoms with Crippen LogP contribution >= 0.6 is 0 Å². The second-order valence-corrected chi connectivity index (χ2v) is 5.47. The van der Waals surface area contributed by atoms with Crippen molar-refractivity contribution in [1.29, 1.82) is 5.26 Å². The topological polar surface area (TPSA) is 56.1 Å². The van der Waals surface area contributed by atoms with Crippen LogP contribution in [0.3, 0.4) is 0 Å². The minimum Gasteiger partial charge on any atom is -0.341 e. The SMILES string of the molecule is CN(Cc1ccccc1)C(=O)CCNCc1cccc(C#N)c1. The molecule has 0 spiro atoms. The van der Waals surface area contributed by atoms with Crippen LogP contribution in [0.5, 0.6) is 0 Å². The molecule has 0 unspecified atom stereocenters. The van der Waals surface area contributed by atoms with Crippen molar-refractivity contribution in [3.63, 3.8) is 0 Å². The fourth-order valence-electron chi connectivity index (χ4n) is 2.32. The lowest BCUT2D eigenvalue weighted by molar-refractivity contribution is -0.130. The molecular weight excluding hydrogens is 286 g/mol. The van der Waals surface area contributed by atoms with Crippen LogP contribution in [0.25, 0.3) is 0 Å². The van der Waals surface area contributed by atoms with Crippen LogP contribution in [0.15, 0.2) is 54.6 Å². The average Bonchev–Trinajstić information content (AvgIpc) is 2.59. The van der Waals surface area contributed by atoms with E-state index in [-0.39, 0.29) is 5.91 Å². The first-order valence-electron chi connectivity index (χ1n) is 7.66. The Bertz CT molecular complexity index is 677. The van der Waals surface area contributed by atoms with Crippen LogP contribution < -0.4 is 5.32 Å². The van der Waals surface area contributed by atoms with Crippen molar-refractivity contribution in [3.8, 4) is 6.07 Å². The van der Waals surface area contributed by atoms with Gasteiger partial charge in [0.2, 0.25) is 5.91 Å². The van der Waals surface area contributed by atoms with Gasteiger partial charge >= 0.3 is 0 Å². The molecule has 0 saturated heterocycles. The van der Waals surface area contributed by atoms with Gasteiger partial charge in [-0.25, -0.2) is 0 Å². The molecule has 0 aliphatic rings. The van der Waals surface area contributed by atoms with Crippen LogP contribution in [0.2, 0.25) is 0 Å². The molecule has 4 nitrogen and oxygen atoms in total. The van der Waals surface area contributed by atoms with Crippen molar-refractivity contribution in [3.05, 3.63) is 71.3 Å². The smallest absolute Gasteiger partial charge is 0.223 e. The van der Waals surface area contributed by atoms with E-state index < -0.39 is 0 Å². The van der Waals surface area contributed by atoms with Gasteiger partial charge < -0.3 is 10.2 Å². The Morgan fingerprint density at radius 3 is 2.61 bits per heavy atom. The number of carbonyl (C=O) groups is 1. The van der Waals surface area contributed by atoms with Gasteiger partial charge in [-0.3, -0.25) is 4.79 Å². The summed E-state index contributed by atoms with van der Waals surface area (Å²) in [6.45, 7) is 1.91. The predicted molar refractivity (Wildman–Crippen MR) is 90.4 cm³/mol. The van der Waals surface area contributed by atoms with Crippen molar-refractivity contribution in [2.45, 2.75) is 19.5 Å². The van der Waals surface area contributed by atoms with Gasteiger partial charge in [0, 0.05) is 33.1 Å². The van der Waals surface area contributed by atoms with E-state index in [9.17, 15) is 4.79 Å². The third-order valence-corrected chi connectivity index (χ3v) is 3.59. The number of benzene rings is 2. The quantitative estimate of drug-likeness (QED) is 0.800. The monoisotopic (exact) mass is 307 g/mol. The van der Waals surface area contributed by atoms with Crippen molar-refractivity contribution < 1.29 is 4.79 Å².